The van der Waals surface area contributed by atoms with Gasteiger partial charge in [0.2, 0.25) is 11.8 Å². The second-order valence-corrected chi connectivity index (χ2v) is 5.01. The van der Waals surface area contributed by atoms with Gasteiger partial charge in [-0.25, -0.2) is 0 Å². The first kappa shape index (κ1) is 15.1. The number of rotatable bonds is 8. The first-order valence-corrected chi connectivity index (χ1v) is 7.00. The summed E-state index contributed by atoms with van der Waals surface area (Å²) in [6, 6.07) is 0. The number of carbonyl (C=O) groups is 3. The molecule has 0 atom stereocenters. The van der Waals surface area contributed by atoms with Crippen LogP contribution >= 0.6 is 0 Å². The van der Waals surface area contributed by atoms with E-state index >= 15 is 0 Å². The molecule has 1 fully saturated rings. The lowest BCUT2D eigenvalue weighted by Gasteiger charge is -2.12. The van der Waals surface area contributed by atoms with Crippen molar-refractivity contribution in [3.05, 3.63) is 11.9 Å². The van der Waals surface area contributed by atoms with Gasteiger partial charge in [-0.1, -0.05) is 5.21 Å². The lowest BCUT2D eigenvalue weighted by molar-refractivity contribution is -0.139. The summed E-state index contributed by atoms with van der Waals surface area (Å²) < 4.78 is 1.60. The highest BCUT2D eigenvalue weighted by Crippen LogP contribution is 2.11. The van der Waals surface area contributed by atoms with Crippen molar-refractivity contribution in [1.82, 2.24) is 19.9 Å². The zero-order chi connectivity index (χ0) is 15.2. The molecule has 1 saturated heterocycles. The van der Waals surface area contributed by atoms with Crippen molar-refractivity contribution < 1.29 is 19.5 Å². The third-order valence-electron chi connectivity index (χ3n) is 3.37. The number of amides is 2. The Kier molecular flexibility index (Phi) is 5.02. The maximum Gasteiger partial charge on any atom is 0.303 e. The third kappa shape index (κ3) is 4.37. The second kappa shape index (κ2) is 6.96. The lowest BCUT2D eigenvalue weighted by atomic mass is 10.1. The molecule has 0 unspecified atom stereocenters. The molecule has 2 rings (SSSR count). The van der Waals surface area contributed by atoms with Gasteiger partial charge >= 0.3 is 5.97 Å². The number of carboxylic acid groups (broad SMARTS) is 1. The van der Waals surface area contributed by atoms with Crippen molar-refractivity contribution in [2.75, 3.05) is 6.54 Å². The van der Waals surface area contributed by atoms with E-state index in [1.165, 1.54) is 4.90 Å². The van der Waals surface area contributed by atoms with E-state index in [0.29, 0.717) is 38.8 Å². The van der Waals surface area contributed by atoms with Crippen LogP contribution < -0.4 is 0 Å². The summed E-state index contributed by atoms with van der Waals surface area (Å²) in [7, 11) is 0. The minimum Gasteiger partial charge on any atom is -0.481 e. The molecule has 0 bridgehead atoms. The summed E-state index contributed by atoms with van der Waals surface area (Å²) in [5.74, 6) is -1.05. The highest BCUT2D eigenvalue weighted by molar-refractivity contribution is 6.01. The number of carbonyl (C=O) groups excluding carboxylic acids is 2. The van der Waals surface area contributed by atoms with E-state index in [2.05, 4.69) is 10.3 Å². The maximum atomic E-state index is 11.5. The van der Waals surface area contributed by atoms with E-state index < -0.39 is 5.97 Å². The van der Waals surface area contributed by atoms with Gasteiger partial charge in [0.25, 0.3) is 0 Å². The van der Waals surface area contributed by atoms with E-state index in [9.17, 15) is 14.4 Å². The smallest absolute Gasteiger partial charge is 0.303 e. The number of likely N-dealkylation sites (tertiary alicyclic amines) is 1. The number of hydrogen-bond acceptors (Lipinski definition) is 5. The molecule has 1 aliphatic rings. The molecular formula is C13H18N4O4. The van der Waals surface area contributed by atoms with Crippen molar-refractivity contribution in [3.63, 3.8) is 0 Å². The van der Waals surface area contributed by atoms with Crippen LogP contribution in [0, 0.1) is 0 Å². The monoisotopic (exact) mass is 294 g/mol. The zero-order valence-corrected chi connectivity index (χ0v) is 11.7. The Morgan fingerprint density at radius 3 is 2.57 bits per heavy atom. The molecule has 8 nitrogen and oxygen atoms in total. The minimum atomic E-state index is -0.793. The molecule has 1 aliphatic heterocycles. The molecule has 1 aromatic heterocycles. The van der Waals surface area contributed by atoms with E-state index in [0.717, 1.165) is 12.1 Å². The van der Waals surface area contributed by atoms with Crippen molar-refractivity contribution in [2.24, 2.45) is 0 Å². The SMILES string of the molecule is O=C(O)CCCCc1cn(CCN2C(=O)CCC2=O)nn1. The highest BCUT2D eigenvalue weighted by Gasteiger charge is 2.28. The van der Waals surface area contributed by atoms with Gasteiger partial charge in [-0.15, -0.1) is 5.10 Å². The van der Waals surface area contributed by atoms with Crippen LogP contribution in [-0.2, 0) is 27.3 Å². The molecule has 2 amide bonds. The van der Waals surface area contributed by atoms with Gasteiger partial charge in [0.1, 0.15) is 0 Å². The molecule has 21 heavy (non-hydrogen) atoms. The number of aliphatic carboxylic acids is 1. The first-order valence-electron chi connectivity index (χ1n) is 7.00. The molecule has 0 aliphatic carbocycles. The maximum absolute atomic E-state index is 11.5. The molecule has 1 aromatic rings. The molecule has 0 saturated carbocycles. The molecule has 2 heterocycles. The van der Waals surface area contributed by atoms with Crippen LogP contribution in [0.15, 0.2) is 6.20 Å². The van der Waals surface area contributed by atoms with E-state index in [1.807, 2.05) is 0 Å². The predicted octanol–water partition coefficient (Wildman–Crippen LogP) is 0.224. The van der Waals surface area contributed by atoms with Crippen molar-refractivity contribution >= 4 is 17.8 Å². The van der Waals surface area contributed by atoms with Gasteiger partial charge in [0.15, 0.2) is 0 Å². The van der Waals surface area contributed by atoms with Crippen LogP contribution in [0.1, 0.15) is 37.8 Å². The summed E-state index contributed by atoms with van der Waals surface area (Å²) >= 11 is 0. The Morgan fingerprint density at radius 2 is 1.90 bits per heavy atom. The fourth-order valence-corrected chi connectivity index (χ4v) is 2.22. The number of aromatic nitrogens is 3. The van der Waals surface area contributed by atoms with Gasteiger partial charge in [0, 0.05) is 32.0 Å². The van der Waals surface area contributed by atoms with Crippen molar-refractivity contribution in [3.8, 4) is 0 Å². The quantitative estimate of drug-likeness (QED) is 0.543. The predicted molar refractivity (Wildman–Crippen MR) is 71.2 cm³/mol. The zero-order valence-electron chi connectivity index (χ0n) is 11.7. The van der Waals surface area contributed by atoms with Gasteiger partial charge in [-0.2, -0.15) is 0 Å². The largest absolute Gasteiger partial charge is 0.481 e. The van der Waals surface area contributed by atoms with Crippen LogP contribution in [0.2, 0.25) is 0 Å². The fraction of sp³-hybridized carbons (Fsp3) is 0.615. The topological polar surface area (TPSA) is 105 Å². The average molecular weight is 294 g/mol. The standard InChI is InChI=1S/C13H18N4O4/c18-11-5-6-12(19)17(11)8-7-16-9-10(14-15-16)3-1-2-4-13(20)21/h9H,1-8H2,(H,20,21). The molecule has 0 aromatic carbocycles. The minimum absolute atomic E-state index is 0.131. The number of unbranched alkanes of at least 4 members (excludes halogenated alkanes) is 1. The van der Waals surface area contributed by atoms with E-state index in [4.69, 9.17) is 5.11 Å². The third-order valence-corrected chi connectivity index (χ3v) is 3.37. The molecule has 0 spiro atoms. The van der Waals surface area contributed by atoms with Crippen LogP contribution in [0.4, 0.5) is 0 Å². The van der Waals surface area contributed by atoms with Crippen molar-refractivity contribution in [1.29, 1.82) is 0 Å². The fourth-order valence-electron chi connectivity index (χ4n) is 2.22. The molecular weight excluding hydrogens is 276 g/mol. The Labute approximate surface area is 121 Å². The number of nitrogens with zero attached hydrogens (tertiary/aromatic N) is 4. The number of hydrogen-bond donors (Lipinski definition) is 1. The number of aryl methyl sites for hydroxylation is 1. The first-order chi connectivity index (χ1) is 10.1. The lowest BCUT2D eigenvalue weighted by Crippen LogP contribution is -2.32. The Balaban J connectivity index is 1.74. The summed E-state index contributed by atoms with van der Waals surface area (Å²) in [6.07, 6.45) is 4.55. The van der Waals surface area contributed by atoms with Gasteiger partial charge in [-0.05, 0) is 19.3 Å². The molecule has 0 radical (unpaired) electrons. The van der Waals surface area contributed by atoms with Gasteiger partial charge in [0.05, 0.1) is 12.2 Å². The van der Waals surface area contributed by atoms with Gasteiger partial charge < -0.3 is 5.11 Å². The average Bonchev–Trinajstić information content (AvgIpc) is 3.01. The summed E-state index contributed by atoms with van der Waals surface area (Å²) in [5, 5.41) is 16.5. The van der Waals surface area contributed by atoms with Crippen LogP contribution in [-0.4, -0.2) is 49.3 Å². The Bertz CT molecular complexity index is 524. The van der Waals surface area contributed by atoms with Gasteiger partial charge in [-0.3, -0.25) is 24.0 Å². The van der Waals surface area contributed by atoms with Crippen LogP contribution in [0.25, 0.3) is 0 Å². The number of carboxylic acids is 1. The molecule has 1 N–H and O–H groups in total. The summed E-state index contributed by atoms with van der Waals surface area (Å²) in [5.41, 5.74) is 0.791. The molecule has 8 heteroatoms. The summed E-state index contributed by atoms with van der Waals surface area (Å²) in [6.45, 7) is 0.749. The molecule has 114 valence electrons. The second-order valence-electron chi connectivity index (χ2n) is 5.01. The van der Waals surface area contributed by atoms with Crippen LogP contribution in [0.3, 0.4) is 0 Å². The van der Waals surface area contributed by atoms with E-state index in [-0.39, 0.29) is 18.2 Å². The highest BCUT2D eigenvalue weighted by atomic mass is 16.4. The summed E-state index contributed by atoms with van der Waals surface area (Å²) in [4.78, 5) is 34.6. The van der Waals surface area contributed by atoms with E-state index in [1.54, 1.807) is 10.9 Å². The van der Waals surface area contributed by atoms with Crippen LogP contribution in [0.5, 0.6) is 0 Å². The normalized spacial score (nSPS) is 15.0. The number of imide groups is 1. The Morgan fingerprint density at radius 1 is 1.19 bits per heavy atom. The Hall–Kier alpha value is -2.25. The van der Waals surface area contributed by atoms with Crippen molar-refractivity contribution in [2.45, 2.75) is 45.1 Å².